The van der Waals surface area contributed by atoms with Crippen molar-refractivity contribution in [3.05, 3.63) is 47.0 Å². The summed E-state index contributed by atoms with van der Waals surface area (Å²) in [6.07, 6.45) is 2.41. The van der Waals surface area contributed by atoms with Gasteiger partial charge in [-0.2, -0.15) is 0 Å². The molecule has 1 aromatic rings. The number of hydrogen-bond acceptors (Lipinski definition) is 2. The normalized spacial score (nSPS) is 20.3. The van der Waals surface area contributed by atoms with Crippen LogP contribution in [0.5, 0.6) is 0 Å². The molecular weight excluding hydrogens is 202 g/mol. The number of nitrogens with one attached hydrogen (secondary N) is 1. The van der Waals surface area contributed by atoms with Crippen molar-refractivity contribution >= 4 is 5.97 Å². The van der Waals surface area contributed by atoms with Crippen molar-refractivity contribution in [1.29, 1.82) is 0 Å². The van der Waals surface area contributed by atoms with Crippen LogP contribution in [0.15, 0.2) is 35.9 Å². The molecule has 1 heterocycles. The molecule has 0 saturated heterocycles. The molecule has 0 aromatic heterocycles. The van der Waals surface area contributed by atoms with E-state index < -0.39 is 5.97 Å². The predicted molar refractivity (Wildman–Crippen MR) is 62.3 cm³/mol. The standard InChI is InChI=1S/C13H15NO2/c1-9-4-2-3-5-11(9)12-8-10(13(15)16)6-7-14-12/h2-5,8,12,14H,6-7H2,1H3,(H,15,16). The van der Waals surface area contributed by atoms with Gasteiger partial charge in [0.1, 0.15) is 0 Å². The Morgan fingerprint density at radius 2 is 2.19 bits per heavy atom. The maximum absolute atomic E-state index is 10.9. The van der Waals surface area contributed by atoms with Crippen LogP contribution >= 0.6 is 0 Å². The zero-order chi connectivity index (χ0) is 11.5. The smallest absolute Gasteiger partial charge is 0.331 e. The fourth-order valence-corrected chi connectivity index (χ4v) is 2.02. The molecular formula is C13H15NO2. The monoisotopic (exact) mass is 217 g/mol. The summed E-state index contributed by atoms with van der Waals surface area (Å²) >= 11 is 0. The molecule has 1 atom stereocenters. The number of benzene rings is 1. The molecule has 3 nitrogen and oxygen atoms in total. The lowest BCUT2D eigenvalue weighted by atomic mass is 9.95. The zero-order valence-corrected chi connectivity index (χ0v) is 9.23. The highest BCUT2D eigenvalue weighted by atomic mass is 16.4. The first-order valence-electron chi connectivity index (χ1n) is 5.41. The van der Waals surface area contributed by atoms with E-state index in [-0.39, 0.29) is 6.04 Å². The number of aliphatic carboxylic acids is 1. The van der Waals surface area contributed by atoms with E-state index in [2.05, 4.69) is 5.32 Å². The van der Waals surface area contributed by atoms with Crippen LogP contribution < -0.4 is 5.32 Å². The fourth-order valence-electron chi connectivity index (χ4n) is 2.02. The lowest BCUT2D eigenvalue weighted by Gasteiger charge is -2.22. The molecule has 2 N–H and O–H groups in total. The molecule has 1 aliphatic heterocycles. The first-order chi connectivity index (χ1) is 7.68. The van der Waals surface area contributed by atoms with Crippen LogP contribution in [0.3, 0.4) is 0 Å². The quantitative estimate of drug-likeness (QED) is 0.797. The average Bonchev–Trinajstić information content (AvgIpc) is 2.30. The molecule has 84 valence electrons. The van der Waals surface area contributed by atoms with Gasteiger partial charge in [0, 0.05) is 12.1 Å². The number of carbonyl (C=O) groups is 1. The van der Waals surface area contributed by atoms with Crippen molar-refractivity contribution in [3.8, 4) is 0 Å². The highest BCUT2D eigenvalue weighted by Crippen LogP contribution is 2.23. The second-order valence-electron chi connectivity index (χ2n) is 4.04. The summed E-state index contributed by atoms with van der Waals surface area (Å²) in [4.78, 5) is 10.9. The van der Waals surface area contributed by atoms with Gasteiger partial charge >= 0.3 is 5.97 Å². The summed E-state index contributed by atoms with van der Waals surface area (Å²) < 4.78 is 0. The van der Waals surface area contributed by atoms with Crippen LogP contribution in [0.4, 0.5) is 0 Å². The Balaban J connectivity index is 2.32. The number of carboxylic acids is 1. The van der Waals surface area contributed by atoms with Crippen molar-refractivity contribution in [3.63, 3.8) is 0 Å². The van der Waals surface area contributed by atoms with E-state index in [1.54, 1.807) is 0 Å². The second kappa shape index (κ2) is 4.49. The maximum atomic E-state index is 10.9. The minimum Gasteiger partial charge on any atom is -0.478 e. The Labute approximate surface area is 94.8 Å². The Morgan fingerprint density at radius 3 is 2.88 bits per heavy atom. The van der Waals surface area contributed by atoms with Gasteiger partial charge in [-0.1, -0.05) is 30.3 Å². The summed E-state index contributed by atoms with van der Waals surface area (Å²) in [5.74, 6) is -0.805. The highest BCUT2D eigenvalue weighted by Gasteiger charge is 2.19. The number of aryl methyl sites for hydroxylation is 1. The third-order valence-electron chi connectivity index (χ3n) is 2.92. The van der Waals surface area contributed by atoms with Crippen LogP contribution in [0.2, 0.25) is 0 Å². The summed E-state index contributed by atoms with van der Waals surface area (Å²) in [7, 11) is 0. The molecule has 0 bridgehead atoms. The Morgan fingerprint density at radius 1 is 1.44 bits per heavy atom. The molecule has 2 rings (SSSR count). The highest BCUT2D eigenvalue weighted by molar-refractivity contribution is 5.87. The zero-order valence-electron chi connectivity index (χ0n) is 9.23. The van der Waals surface area contributed by atoms with Crippen LogP contribution in [0, 0.1) is 6.92 Å². The number of hydrogen-bond donors (Lipinski definition) is 2. The summed E-state index contributed by atoms with van der Waals surface area (Å²) in [5, 5.41) is 12.3. The molecule has 1 aromatic carbocycles. The van der Waals surface area contributed by atoms with Crippen molar-refractivity contribution < 1.29 is 9.90 Å². The van der Waals surface area contributed by atoms with Crippen LogP contribution in [0.1, 0.15) is 23.6 Å². The summed E-state index contributed by atoms with van der Waals surface area (Å²) in [5.41, 5.74) is 2.84. The fraction of sp³-hybridized carbons (Fsp3) is 0.308. The van der Waals surface area contributed by atoms with Crippen molar-refractivity contribution in [1.82, 2.24) is 5.32 Å². The molecule has 3 heteroatoms. The minimum absolute atomic E-state index is 0.0287. The molecule has 1 aliphatic rings. The van der Waals surface area contributed by atoms with E-state index in [4.69, 9.17) is 5.11 Å². The van der Waals surface area contributed by atoms with E-state index in [1.165, 1.54) is 5.56 Å². The van der Waals surface area contributed by atoms with Gasteiger partial charge in [-0.05, 0) is 24.5 Å². The maximum Gasteiger partial charge on any atom is 0.331 e. The van der Waals surface area contributed by atoms with Gasteiger partial charge in [-0.3, -0.25) is 0 Å². The Bertz CT molecular complexity index is 437. The van der Waals surface area contributed by atoms with Gasteiger partial charge in [0.25, 0.3) is 0 Å². The van der Waals surface area contributed by atoms with Crippen molar-refractivity contribution in [2.45, 2.75) is 19.4 Å². The minimum atomic E-state index is -0.805. The third-order valence-corrected chi connectivity index (χ3v) is 2.92. The van der Waals surface area contributed by atoms with Crippen molar-refractivity contribution in [2.24, 2.45) is 0 Å². The first-order valence-corrected chi connectivity index (χ1v) is 5.41. The largest absolute Gasteiger partial charge is 0.478 e. The van der Waals surface area contributed by atoms with E-state index in [9.17, 15) is 4.79 Å². The second-order valence-corrected chi connectivity index (χ2v) is 4.04. The summed E-state index contributed by atoms with van der Waals surface area (Å²) in [6, 6.07) is 8.07. The van der Waals surface area contributed by atoms with Crippen LogP contribution in [-0.4, -0.2) is 17.6 Å². The topological polar surface area (TPSA) is 49.3 Å². The molecule has 0 spiro atoms. The van der Waals surface area contributed by atoms with Gasteiger partial charge in [0.2, 0.25) is 0 Å². The molecule has 16 heavy (non-hydrogen) atoms. The van der Waals surface area contributed by atoms with Gasteiger partial charge < -0.3 is 10.4 Å². The number of rotatable bonds is 2. The van der Waals surface area contributed by atoms with Gasteiger partial charge in [-0.25, -0.2) is 4.79 Å². The van der Waals surface area contributed by atoms with Crippen LogP contribution in [0.25, 0.3) is 0 Å². The predicted octanol–water partition coefficient (Wildman–Crippen LogP) is 2.04. The van der Waals surface area contributed by atoms with Gasteiger partial charge in [0.05, 0.1) is 6.04 Å². The van der Waals surface area contributed by atoms with E-state index in [1.807, 2.05) is 37.3 Å². The molecule has 0 amide bonds. The van der Waals surface area contributed by atoms with Crippen molar-refractivity contribution in [2.75, 3.05) is 6.54 Å². The molecule has 0 aliphatic carbocycles. The van der Waals surface area contributed by atoms with Gasteiger partial charge in [-0.15, -0.1) is 0 Å². The lowest BCUT2D eigenvalue weighted by molar-refractivity contribution is -0.132. The Hall–Kier alpha value is -1.61. The average molecular weight is 217 g/mol. The number of carboxylic acid groups (broad SMARTS) is 1. The lowest BCUT2D eigenvalue weighted by Crippen LogP contribution is -2.28. The van der Waals surface area contributed by atoms with Crippen LogP contribution in [-0.2, 0) is 4.79 Å². The van der Waals surface area contributed by atoms with E-state index in [0.717, 1.165) is 12.1 Å². The SMILES string of the molecule is Cc1ccccc1C1C=C(C(=O)O)CCN1. The molecule has 0 saturated carbocycles. The third kappa shape index (κ3) is 2.14. The summed E-state index contributed by atoms with van der Waals surface area (Å²) in [6.45, 7) is 2.76. The van der Waals surface area contributed by atoms with E-state index >= 15 is 0 Å². The van der Waals surface area contributed by atoms with E-state index in [0.29, 0.717) is 12.0 Å². The molecule has 0 radical (unpaired) electrons. The van der Waals surface area contributed by atoms with Gasteiger partial charge in [0.15, 0.2) is 0 Å². The first kappa shape index (κ1) is 10.9. The molecule has 1 unspecified atom stereocenters. The molecule has 0 fully saturated rings. The Kier molecular flexibility index (Phi) is 3.06.